The predicted molar refractivity (Wildman–Crippen MR) is 123 cm³/mol. The Balaban J connectivity index is 1.47. The second kappa shape index (κ2) is 9.87. The largest absolute Gasteiger partial charge is 0.467 e. The van der Waals surface area contributed by atoms with Crippen LogP contribution in [0.1, 0.15) is 30.2 Å². The molecule has 3 aromatic rings. The predicted octanol–water partition coefficient (Wildman–Crippen LogP) is 4.04. The number of rotatable bonds is 8. The molecule has 0 unspecified atom stereocenters. The van der Waals surface area contributed by atoms with E-state index in [0.717, 1.165) is 18.4 Å². The van der Waals surface area contributed by atoms with Crippen LogP contribution < -0.4 is 10.6 Å². The van der Waals surface area contributed by atoms with Gasteiger partial charge in [0, 0.05) is 13.1 Å². The minimum Gasteiger partial charge on any atom is -0.467 e. The van der Waals surface area contributed by atoms with E-state index < -0.39 is 10.0 Å². The molecule has 7 nitrogen and oxygen atoms in total. The maximum Gasteiger partial charge on any atom is 0.243 e. The van der Waals surface area contributed by atoms with Crippen LogP contribution in [0.4, 0.5) is 5.69 Å². The third kappa shape index (κ3) is 5.05. The molecule has 1 aliphatic heterocycles. The Morgan fingerprint density at radius 3 is 2.50 bits per heavy atom. The van der Waals surface area contributed by atoms with E-state index in [-0.39, 0.29) is 34.1 Å². The van der Waals surface area contributed by atoms with E-state index in [1.54, 1.807) is 12.3 Å². The van der Waals surface area contributed by atoms with Crippen LogP contribution in [0.25, 0.3) is 0 Å². The standard InChI is InChI=1S/C23H24ClN3O4S/c24-19-11-10-18(32(29,30)27-12-4-5-13-27)15-20(19)26-22(28)16-25-23(21-9-6-14-31-21)17-7-2-1-3-8-17/h1-3,6-11,14-15,23,25H,4-5,12-13,16H2,(H,26,28)/t23-/m0/s1. The Morgan fingerprint density at radius 1 is 1.06 bits per heavy atom. The number of nitrogens with one attached hydrogen (secondary N) is 2. The number of hydrogen-bond acceptors (Lipinski definition) is 5. The van der Waals surface area contributed by atoms with E-state index in [2.05, 4.69) is 10.6 Å². The molecular weight excluding hydrogens is 450 g/mol. The van der Waals surface area contributed by atoms with Gasteiger partial charge in [0.25, 0.3) is 0 Å². The molecule has 2 N–H and O–H groups in total. The number of halogens is 1. The summed E-state index contributed by atoms with van der Waals surface area (Å²) in [4.78, 5) is 12.8. The summed E-state index contributed by atoms with van der Waals surface area (Å²) in [7, 11) is -3.61. The molecule has 1 saturated heterocycles. The molecule has 0 spiro atoms. The van der Waals surface area contributed by atoms with Gasteiger partial charge in [-0.15, -0.1) is 0 Å². The van der Waals surface area contributed by atoms with Gasteiger partial charge in [0.1, 0.15) is 5.76 Å². The van der Waals surface area contributed by atoms with Crippen molar-refractivity contribution >= 4 is 33.2 Å². The van der Waals surface area contributed by atoms with Gasteiger partial charge in [-0.1, -0.05) is 41.9 Å². The highest BCUT2D eigenvalue weighted by Gasteiger charge is 2.28. The number of hydrogen-bond donors (Lipinski definition) is 2. The fraction of sp³-hybridized carbons (Fsp3) is 0.261. The van der Waals surface area contributed by atoms with Crippen molar-refractivity contribution in [3.8, 4) is 0 Å². The molecule has 0 aliphatic carbocycles. The number of amides is 1. The molecular formula is C23H24ClN3O4S. The first-order valence-electron chi connectivity index (χ1n) is 10.4. The lowest BCUT2D eigenvalue weighted by molar-refractivity contribution is -0.115. The van der Waals surface area contributed by atoms with Crippen LogP contribution >= 0.6 is 11.6 Å². The summed E-state index contributed by atoms with van der Waals surface area (Å²) < 4.78 is 32.7. The molecule has 1 aromatic heterocycles. The molecule has 2 aromatic carbocycles. The van der Waals surface area contributed by atoms with Gasteiger partial charge in [0.15, 0.2) is 0 Å². The van der Waals surface area contributed by atoms with E-state index in [1.165, 1.54) is 22.5 Å². The topological polar surface area (TPSA) is 91.6 Å². The van der Waals surface area contributed by atoms with Gasteiger partial charge in [-0.2, -0.15) is 4.31 Å². The van der Waals surface area contributed by atoms with E-state index in [1.807, 2.05) is 36.4 Å². The van der Waals surface area contributed by atoms with Crippen molar-refractivity contribution in [1.82, 2.24) is 9.62 Å². The van der Waals surface area contributed by atoms with Gasteiger partial charge < -0.3 is 9.73 Å². The summed E-state index contributed by atoms with van der Waals surface area (Å²) in [6.07, 6.45) is 3.28. The zero-order valence-corrected chi connectivity index (χ0v) is 18.9. The Hall–Kier alpha value is -2.65. The average Bonchev–Trinajstić information content (AvgIpc) is 3.51. The van der Waals surface area contributed by atoms with Crippen LogP contribution in [0.2, 0.25) is 5.02 Å². The molecule has 9 heteroatoms. The van der Waals surface area contributed by atoms with Crippen LogP contribution in [0.3, 0.4) is 0 Å². The van der Waals surface area contributed by atoms with Crippen molar-refractivity contribution in [3.63, 3.8) is 0 Å². The quantitative estimate of drug-likeness (QED) is 0.515. The molecule has 32 heavy (non-hydrogen) atoms. The monoisotopic (exact) mass is 473 g/mol. The van der Waals surface area contributed by atoms with E-state index >= 15 is 0 Å². The fourth-order valence-corrected chi connectivity index (χ4v) is 5.42. The first-order valence-corrected chi connectivity index (χ1v) is 12.2. The van der Waals surface area contributed by atoms with Gasteiger partial charge in [-0.3, -0.25) is 10.1 Å². The molecule has 1 atom stereocenters. The maximum absolute atomic E-state index is 12.8. The molecule has 168 valence electrons. The number of furan rings is 1. The second-order valence-corrected chi connectivity index (χ2v) is 9.89. The lowest BCUT2D eigenvalue weighted by Crippen LogP contribution is -2.32. The minimum absolute atomic E-state index is 0.0281. The molecule has 1 fully saturated rings. The van der Waals surface area contributed by atoms with Crippen LogP contribution in [-0.2, 0) is 14.8 Å². The fourth-order valence-electron chi connectivity index (χ4n) is 3.71. The normalized spacial score (nSPS) is 15.5. The smallest absolute Gasteiger partial charge is 0.243 e. The Labute approximate surface area is 192 Å². The van der Waals surface area contributed by atoms with Crippen molar-refractivity contribution in [2.24, 2.45) is 0 Å². The first kappa shape index (κ1) is 22.5. The molecule has 1 amide bonds. The number of carbonyl (C=O) groups excluding carboxylic acids is 1. The van der Waals surface area contributed by atoms with Crippen LogP contribution in [-0.4, -0.2) is 38.3 Å². The number of nitrogens with zero attached hydrogens (tertiary/aromatic N) is 1. The van der Waals surface area contributed by atoms with Gasteiger partial charge in [-0.05, 0) is 48.7 Å². The van der Waals surface area contributed by atoms with Crippen molar-refractivity contribution in [2.75, 3.05) is 25.0 Å². The van der Waals surface area contributed by atoms with Crippen molar-refractivity contribution < 1.29 is 17.6 Å². The van der Waals surface area contributed by atoms with Crippen molar-refractivity contribution in [3.05, 3.63) is 83.3 Å². The first-order chi connectivity index (χ1) is 15.4. The highest BCUT2D eigenvalue weighted by molar-refractivity contribution is 7.89. The molecule has 4 rings (SSSR count). The average molecular weight is 474 g/mol. The molecule has 2 heterocycles. The molecule has 0 radical (unpaired) electrons. The molecule has 1 aliphatic rings. The van der Waals surface area contributed by atoms with Crippen LogP contribution in [0.5, 0.6) is 0 Å². The number of anilines is 1. The van der Waals surface area contributed by atoms with Gasteiger partial charge >= 0.3 is 0 Å². The third-order valence-electron chi connectivity index (χ3n) is 5.34. The summed E-state index contributed by atoms with van der Waals surface area (Å²) in [5.74, 6) is 0.329. The van der Waals surface area contributed by atoms with Crippen LogP contribution in [0.15, 0.2) is 76.2 Å². The summed E-state index contributed by atoms with van der Waals surface area (Å²) >= 11 is 6.23. The second-order valence-electron chi connectivity index (χ2n) is 7.54. The zero-order valence-electron chi connectivity index (χ0n) is 17.3. The minimum atomic E-state index is -3.61. The van der Waals surface area contributed by atoms with Gasteiger partial charge in [0.05, 0.1) is 34.5 Å². The highest BCUT2D eigenvalue weighted by Crippen LogP contribution is 2.28. The number of sulfonamides is 1. The third-order valence-corrected chi connectivity index (χ3v) is 7.57. The zero-order chi connectivity index (χ0) is 22.6. The Morgan fingerprint density at radius 2 is 1.81 bits per heavy atom. The van der Waals surface area contributed by atoms with Crippen LogP contribution in [0, 0.1) is 0 Å². The lowest BCUT2D eigenvalue weighted by Gasteiger charge is -2.18. The molecule has 0 saturated carbocycles. The van der Waals surface area contributed by atoms with E-state index in [0.29, 0.717) is 18.8 Å². The Bertz CT molecular complexity index is 1160. The SMILES string of the molecule is O=C(CN[C@@H](c1ccccc1)c1ccco1)Nc1cc(S(=O)(=O)N2CCCC2)ccc1Cl. The van der Waals surface area contributed by atoms with Crippen molar-refractivity contribution in [1.29, 1.82) is 0 Å². The summed E-state index contributed by atoms with van der Waals surface area (Å²) in [6, 6.07) is 17.3. The highest BCUT2D eigenvalue weighted by atomic mass is 35.5. The van der Waals surface area contributed by atoms with E-state index in [4.69, 9.17) is 16.0 Å². The lowest BCUT2D eigenvalue weighted by atomic mass is 10.0. The van der Waals surface area contributed by atoms with Crippen molar-refractivity contribution in [2.45, 2.75) is 23.8 Å². The summed E-state index contributed by atoms with van der Waals surface area (Å²) in [6.45, 7) is 0.980. The van der Waals surface area contributed by atoms with Gasteiger partial charge in [-0.25, -0.2) is 8.42 Å². The maximum atomic E-state index is 12.8. The Kier molecular flexibility index (Phi) is 6.95. The number of benzene rings is 2. The molecule has 0 bridgehead atoms. The van der Waals surface area contributed by atoms with E-state index in [9.17, 15) is 13.2 Å². The van der Waals surface area contributed by atoms with Gasteiger partial charge in [0.2, 0.25) is 15.9 Å². The summed E-state index contributed by atoms with van der Waals surface area (Å²) in [5, 5.41) is 6.18. The number of carbonyl (C=O) groups is 1. The summed E-state index contributed by atoms with van der Waals surface area (Å²) in [5.41, 5.74) is 1.21.